The lowest BCUT2D eigenvalue weighted by Crippen LogP contribution is -2.14. The van der Waals surface area contributed by atoms with E-state index in [2.05, 4.69) is 216 Å². The first-order valence-corrected chi connectivity index (χ1v) is 18.8. The van der Waals surface area contributed by atoms with Gasteiger partial charge in [0.25, 0.3) is 0 Å². The maximum atomic E-state index is 2.46. The smallest absolute Gasteiger partial charge is 0.0547 e. The van der Waals surface area contributed by atoms with Gasteiger partial charge in [0.15, 0.2) is 0 Å². The first-order chi connectivity index (χ1) is 26.6. The average Bonchev–Trinajstić information content (AvgIpc) is 3.81. The Morgan fingerprint density at radius 1 is 0.352 bits per heavy atom. The molecule has 1 aliphatic carbocycles. The average molecular weight is 692 g/mol. The minimum absolute atomic E-state index is 0.0503. The zero-order valence-electron chi connectivity index (χ0n) is 30.2. The predicted octanol–water partition coefficient (Wildman–Crippen LogP) is 13.7. The van der Waals surface area contributed by atoms with Crippen LogP contribution in [0.4, 0.5) is 17.1 Å². The van der Waals surface area contributed by atoms with Crippen molar-refractivity contribution in [2.75, 3.05) is 4.90 Å². The number of fused-ring (bicyclic) bond motifs is 9. The van der Waals surface area contributed by atoms with E-state index in [-0.39, 0.29) is 5.41 Å². The molecule has 10 aromatic rings. The Bertz CT molecular complexity index is 3060. The Hall–Kier alpha value is -6.84. The van der Waals surface area contributed by atoms with Gasteiger partial charge in [-0.15, -0.1) is 0 Å². The van der Waals surface area contributed by atoms with Crippen molar-refractivity contribution in [1.29, 1.82) is 0 Å². The Kier molecular flexibility index (Phi) is 6.60. The van der Waals surface area contributed by atoms with Gasteiger partial charge in [0.1, 0.15) is 0 Å². The molecule has 256 valence electrons. The molecule has 2 heterocycles. The molecule has 3 nitrogen and oxygen atoms in total. The van der Waals surface area contributed by atoms with Crippen molar-refractivity contribution >= 4 is 60.7 Å². The van der Waals surface area contributed by atoms with Crippen LogP contribution in [0.2, 0.25) is 0 Å². The number of rotatable bonds is 5. The highest BCUT2D eigenvalue weighted by molar-refractivity contribution is 6.12. The molecule has 0 spiro atoms. The maximum absolute atomic E-state index is 2.46. The minimum atomic E-state index is -0.0503. The second kappa shape index (κ2) is 11.6. The third-order valence-electron chi connectivity index (χ3n) is 11.7. The Balaban J connectivity index is 1.08. The van der Waals surface area contributed by atoms with Gasteiger partial charge in [0.05, 0.1) is 22.1 Å². The van der Waals surface area contributed by atoms with Gasteiger partial charge in [-0.3, -0.25) is 0 Å². The highest BCUT2D eigenvalue weighted by Crippen LogP contribution is 2.51. The highest BCUT2D eigenvalue weighted by Gasteiger charge is 2.36. The highest BCUT2D eigenvalue weighted by atomic mass is 15.1. The molecule has 54 heavy (non-hydrogen) atoms. The molecule has 2 aromatic heterocycles. The number of para-hydroxylation sites is 4. The van der Waals surface area contributed by atoms with Crippen LogP contribution in [0.3, 0.4) is 0 Å². The van der Waals surface area contributed by atoms with Crippen molar-refractivity contribution in [1.82, 2.24) is 9.13 Å². The van der Waals surface area contributed by atoms with Crippen molar-refractivity contribution in [3.05, 3.63) is 199 Å². The standard InChI is InChI=1S/C51H37N3/c1-51(2)45-22-12-9-19-39(45)42-33-50-44(32-46(42)51)41-21-11-14-24-48(41)54(50)37-27-25-36(26-28-37)52(34-15-5-3-6-16-34)38-29-30-49-43(31-38)40-20-10-13-23-47(40)53(49)35-17-7-4-8-18-35/h3-33H,1-2H3. The number of hydrogen-bond acceptors (Lipinski definition) is 1. The maximum Gasteiger partial charge on any atom is 0.0547 e. The number of aromatic nitrogens is 2. The molecule has 0 saturated carbocycles. The summed E-state index contributed by atoms with van der Waals surface area (Å²) in [7, 11) is 0. The lowest BCUT2D eigenvalue weighted by molar-refractivity contribution is 0.661. The molecule has 0 saturated heterocycles. The van der Waals surface area contributed by atoms with Crippen molar-refractivity contribution in [3.63, 3.8) is 0 Å². The van der Waals surface area contributed by atoms with Crippen LogP contribution in [0.1, 0.15) is 25.0 Å². The van der Waals surface area contributed by atoms with E-state index < -0.39 is 0 Å². The van der Waals surface area contributed by atoms with E-state index in [1.54, 1.807) is 0 Å². The molecule has 0 atom stereocenters. The summed E-state index contributed by atoms with van der Waals surface area (Å²) in [5.74, 6) is 0. The van der Waals surface area contributed by atoms with Crippen LogP contribution in [0.25, 0.3) is 66.1 Å². The number of nitrogens with zero attached hydrogens (tertiary/aromatic N) is 3. The van der Waals surface area contributed by atoms with Gasteiger partial charge in [0, 0.05) is 55.4 Å². The normalized spacial score (nSPS) is 13.1. The fraction of sp³-hybridized carbons (Fsp3) is 0.0588. The number of hydrogen-bond donors (Lipinski definition) is 0. The second-order valence-electron chi connectivity index (χ2n) is 15.0. The van der Waals surface area contributed by atoms with Gasteiger partial charge >= 0.3 is 0 Å². The molecule has 0 fully saturated rings. The number of anilines is 3. The topological polar surface area (TPSA) is 13.1 Å². The summed E-state index contributed by atoms with van der Waals surface area (Å²) >= 11 is 0. The molecule has 0 aliphatic heterocycles. The van der Waals surface area contributed by atoms with Crippen molar-refractivity contribution < 1.29 is 0 Å². The zero-order valence-corrected chi connectivity index (χ0v) is 30.2. The van der Waals surface area contributed by atoms with E-state index in [0.29, 0.717) is 0 Å². The molecular formula is C51H37N3. The molecule has 1 aliphatic rings. The molecule has 0 bridgehead atoms. The first kappa shape index (κ1) is 30.8. The van der Waals surface area contributed by atoms with Crippen LogP contribution in [-0.2, 0) is 5.41 Å². The molecule has 0 N–H and O–H groups in total. The second-order valence-corrected chi connectivity index (χ2v) is 15.0. The van der Waals surface area contributed by atoms with Gasteiger partial charge < -0.3 is 14.0 Å². The van der Waals surface area contributed by atoms with Gasteiger partial charge in [0.2, 0.25) is 0 Å². The summed E-state index contributed by atoms with van der Waals surface area (Å²) in [4.78, 5) is 2.37. The lowest BCUT2D eigenvalue weighted by Gasteiger charge is -2.26. The Morgan fingerprint density at radius 3 is 1.59 bits per heavy atom. The summed E-state index contributed by atoms with van der Waals surface area (Å²) in [6.45, 7) is 4.72. The predicted molar refractivity (Wildman–Crippen MR) is 227 cm³/mol. The van der Waals surface area contributed by atoms with Crippen LogP contribution >= 0.6 is 0 Å². The molecule has 11 rings (SSSR count). The largest absolute Gasteiger partial charge is 0.310 e. The monoisotopic (exact) mass is 691 g/mol. The van der Waals surface area contributed by atoms with E-state index in [9.17, 15) is 0 Å². The molecule has 3 heteroatoms. The van der Waals surface area contributed by atoms with Gasteiger partial charge in [-0.1, -0.05) is 111 Å². The van der Waals surface area contributed by atoms with Crippen LogP contribution in [0.5, 0.6) is 0 Å². The van der Waals surface area contributed by atoms with Crippen LogP contribution in [0.15, 0.2) is 188 Å². The summed E-state index contributed by atoms with van der Waals surface area (Å²) in [6, 6.07) is 68.7. The fourth-order valence-electron chi connectivity index (χ4n) is 9.17. The summed E-state index contributed by atoms with van der Waals surface area (Å²) in [5, 5.41) is 5.04. The first-order valence-electron chi connectivity index (χ1n) is 18.8. The van der Waals surface area contributed by atoms with E-state index in [4.69, 9.17) is 0 Å². The third-order valence-corrected chi connectivity index (χ3v) is 11.7. The molecule has 0 unspecified atom stereocenters. The van der Waals surface area contributed by atoms with Crippen molar-refractivity contribution in [2.24, 2.45) is 0 Å². The summed E-state index contributed by atoms with van der Waals surface area (Å²) in [5.41, 5.74) is 15.9. The number of benzene rings is 8. The van der Waals surface area contributed by atoms with Gasteiger partial charge in [-0.25, -0.2) is 0 Å². The Morgan fingerprint density at radius 2 is 0.870 bits per heavy atom. The van der Waals surface area contributed by atoms with Crippen molar-refractivity contribution in [2.45, 2.75) is 19.3 Å². The fourth-order valence-corrected chi connectivity index (χ4v) is 9.17. The zero-order chi connectivity index (χ0) is 36.0. The van der Waals surface area contributed by atoms with E-state index in [0.717, 1.165) is 28.4 Å². The van der Waals surface area contributed by atoms with Crippen molar-refractivity contribution in [3.8, 4) is 22.5 Å². The van der Waals surface area contributed by atoms with E-state index >= 15 is 0 Å². The van der Waals surface area contributed by atoms with Crippen LogP contribution < -0.4 is 4.90 Å². The van der Waals surface area contributed by atoms with Crippen LogP contribution in [-0.4, -0.2) is 9.13 Å². The Labute approximate surface area is 314 Å². The van der Waals surface area contributed by atoms with Gasteiger partial charge in [-0.2, -0.15) is 0 Å². The van der Waals surface area contributed by atoms with Crippen LogP contribution in [0, 0.1) is 0 Å². The molecular weight excluding hydrogens is 655 g/mol. The SMILES string of the molecule is CC1(C)c2ccccc2-c2cc3c(cc21)c1ccccc1n3-c1ccc(N(c2ccccc2)c2ccc3c(c2)c2ccccc2n3-c2ccccc2)cc1. The molecule has 0 amide bonds. The molecule has 8 aromatic carbocycles. The summed E-state index contributed by atoms with van der Waals surface area (Å²) < 4.78 is 4.82. The van der Waals surface area contributed by atoms with Gasteiger partial charge in [-0.05, 0) is 113 Å². The quantitative estimate of drug-likeness (QED) is 0.175. The molecule has 0 radical (unpaired) electrons. The van der Waals surface area contributed by atoms with E-state index in [1.165, 1.54) is 65.9 Å². The third kappa shape index (κ3) is 4.42. The lowest BCUT2D eigenvalue weighted by atomic mass is 9.82. The minimum Gasteiger partial charge on any atom is -0.310 e. The van der Waals surface area contributed by atoms with E-state index in [1.807, 2.05) is 0 Å². The summed E-state index contributed by atoms with van der Waals surface area (Å²) in [6.07, 6.45) is 0.